The molecule has 1 aromatic carbocycles. The summed E-state index contributed by atoms with van der Waals surface area (Å²) in [7, 11) is 1.48. The summed E-state index contributed by atoms with van der Waals surface area (Å²) in [5.41, 5.74) is 1.40. The van der Waals surface area contributed by atoms with Gasteiger partial charge in [0.15, 0.2) is 18.1 Å². The molecular formula is C16H21NO4. The monoisotopic (exact) mass is 291 g/mol. The summed E-state index contributed by atoms with van der Waals surface area (Å²) in [5, 5.41) is 0. The van der Waals surface area contributed by atoms with E-state index in [-0.39, 0.29) is 12.5 Å². The van der Waals surface area contributed by atoms with Gasteiger partial charge in [-0.15, -0.1) is 0 Å². The summed E-state index contributed by atoms with van der Waals surface area (Å²) in [6, 6.07) is 4.80. The molecule has 0 aliphatic rings. The number of aldehydes is 1. The highest BCUT2D eigenvalue weighted by molar-refractivity contribution is 5.78. The number of rotatable bonds is 8. The largest absolute Gasteiger partial charge is 0.493 e. The molecule has 0 aromatic heterocycles. The van der Waals surface area contributed by atoms with Crippen LogP contribution in [0.25, 0.3) is 0 Å². The normalized spacial score (nSPS) is 9.86. The third kappa shape index (κ3) is 4.95. The van der Waals surface area contributed by atoms with Gasteiger partial charge >= 0.3 is 0 Å². The lowest BCUT2D eigenvalue weighted by Crippen LogP contribution is -2.35. The van der Waals surface area contributed by atoms with Crippen LogP contribution in [0.15, 0.2) is 30.4 Å². The van der Waals surface area contributed by atoms with Gasteiger partial charge in [-0.1, -0.05) is 12.2 Å². The summed E-state index contributed by atoms with van der Waals surface area (Å²) in [4.78, 5) is 24.4. The van der Waals surface area contributed by atoms with E-state index in [4.69, 9.17) is 9.47 Å². The molecule has 1 amide bonds. The number of benzene rings is 1. The molecule has 21 heavy (non-hydrogen) atoms. The highest BCUT2D eigenvalue weighted by Gasteiger charge is 2.14. The van der Waals surface area contributed by atoms with Crippen LogP contribution in [0.1, 0.15) is 24.2 Å². The van der Waals surface area contributed by atoms with Gasteiger partial charge in [-0.3, -0.25) is 9.59 Å². The third-order valence-electron chi connectivity index (χ3n) is 2.87. The van der Waals surface area contributed by atoms with Crippen LogP contribution in [0, 0.1) is 0 Å². The Bertz CT molecular complexity index is 525. The van der Waals surface area contributed by atoms with E-state index in [0.29, 0.717) is 30.2 Å². The zero-order chi connectivity index (χ0) is 15.8. The minimum atomic E-state index is -0.123. The number of carbonyl (C=O) groups excluding carboxylic acids is 2. The number of methoxy groups -OCH3 is 1. The number of amides is 1. The van der Waals surface area contributed by atoms with Crippen LogP contribution >= 0.6 is 0 Å². The smallest absolute Gasteiger partial charge is 0.260 e. The van der Waals surface area contributed by atoms with Gasteiger partial charge in [0, 0.05) is 18.7 Å². The lowest BCUT2D eigenvalue weighted by Gasteiger charge is -2.21. The van der Waals surface area contributed by atoms with Gasteiger partial charge in [0.05, 0.1) is 7.11 Å². The highest BCUT2D eigenvalue weighted by Crippen LogP contribution is 2.27. The van der Waals surface area contributed by atoms with Crippen molar-refractivity contribution in [2.24, 2.45) is 0 Å². The number of carbonyl (C=O) groups is 2. The molecule has 1 aromatic rings. The standard InChI is InChI=1S/C16H21NO4/c1-5-17(9-12(2)3)16(19)11-21-14-7-6-13(10-18)8-15(14)20-4/h6-8,10H,2,5,9,11H2,1,3-4H3. The van der Waals surface area contributed by atoms with E-state index in [1.165, 1.54) is 7.11 Å². The van der Waals surface area contributed by atoms with Gasteiger partial charge in [-0.05, 0) is 32.0 Å². The minimum Gasteiger partial charge on any atom is -0.493 e. The summed E-state index contributed by atoms with van der Waals surface area (Å²) >= 11 is 0. The molecule has 0 heterocycles. The van der Waals surface area contributed by atoms with Crippen molar-refractivity contribution in [2.75, 3.05) is 26.8 Å². The summed E-state index contributed by atoms with van der Waals surface area (Å²) in [6.45, 7) is 8.60. The maximum Gasteiger partial charge on any atom is 0.260 e. The topological polar surface area (TPSA) is 55.8 Å². The SMILES string of the molecule is C=C(C)CN(CC)C(=O)COc1ccc(C=O)cc1OC. The second-order valence-corrected chi connectivity index (χ2v) is 4.68. The zero-order valence-corrected chi connectivity index (χ0v) is 12.7. The van der Waals surface area contributed by atoms with Crippen molar-refractivity contribution in [3.63, 3.8) is 0 Å². The molecule has 0 N–H and O–H groups in total. The fourth-order valence-corrected chi connectivity index (χ4v) is 1.81. The van der Waals surface area contributed by atoms with Gasteiger partial charge in [-0.25, -0.2) is 0 Å². The molecule has 0 atom stereocenters. The first-order valence-electron chi connectivity index (χ1n) is 6.70. The third-order valence-corrected chi connectivity index (χ3v) is 2.87. The molecule has 5 heteroatoms. The van der Waals surface area contributed by atoms with Crippen LogP contribution in [-0.2, 0) is 4.79 Å². The first kappa shape index (κ1) is 16.8. The number of nitrogens with zero attached hydrogens (tertiary/aromatic N) is 1. The maximum absolute atomic E-state index is 12.1. The molecule has 0 saturated heterocycles. The van der Waals surface area contributed by atoms with Gasteiger partial charge < -0.3 is 14.4 Å². The van der Waals surface area contributed by atoms with E-state index in [2.05, 4.69) is 6.58 Å². The molecule has 114 valence electrons. The molecule has 5 nitrogen and oxygen atoms in total. The van der Waals surface area contributed by atoms with Crippen LogP contribution in [0.3, 0.4) is 0 Å². The molecule has 0 radical (unpaired) electrons. The molecule has 0 unspecified atom stereocenters. The Morgan fingerprint density at radius 1 is 1.38 bits per heavy atom. The first-order chi connectivity index (χ1) is 10.0. The molecule has 0 saturated carbocycles. The zero-order valence-electron chi connectivity index (χ0n) is 12.7. The van der Waals surface area contributed by atoms with Crippen molar-refractivity contribution in [2.45, 2.75) is 13.8 Å². The van der Waals surface area contributed by atoms with E-state index >= 15 is 0 Å². The van der Waals surface area contributed by atoms with Crippen molar-refractivity contribution in [1.29, 1.82) is 0 Å². The fraction of sp³-hybridized carbons (Fsp3) is 0.375. The van der Waals surface area contributed by atoms with E-state index in [9.17, 15) is 9.59 Å². The summed E-state index contributed by atoms with van der Waals surface area (Å²) < 4.78 is 10.6. The Balaban J connectivity index is 2.71. The Hall–Kier alpha value is -2.30. The van der Waals surface area contributed by atoms with Crippen LogP contribution in [0.2, 0.25) is 0 Å². The number of hydrogen-bond donors (Lipinski definition) is 0. The summed E-state index contributed by atoms with van der Waals surface area (Å²) in [5.74, 6) is 0.736. The summed E-state index contributed by atoms with van der Waals surface area (Å²) in [6.07, 6.45) is 0.725. The van der Waals surface area contributed by atoms with Crippen molar-refractivity contribution >= 4 is 12.2 Å². The molecule has 1 rings (SSSR count). The van der Waals surface area contributed by atoms with Gasteiger partial charge in [-0.2, -0.15) is 0 Å². The predicted molar refractivity (Wildman–Crippen MR) is 80.9 cm³/mol. The van der Waals surface area contributed by atoms with Gasteiger partial charge in [0.25, 0.3) is 5.91 Å². The molecule has 0 bridgehead atoms. The lowest BCUT2D eigenvalue weighted by atomic mass is 10.2. The minimum absolute atomic E-state index is 0.0854. The quantitative estimate of drug-likeness (QED) is 0.545. The van der Waals surface area contributed by atoms with Crippen molar-refractivity contribution in [3.8, 4) is 11.5 Å². The lowest BCUT2D eigenvalue weighted by molar-refractivity contribution is -0.132. The molecular weight excluding hydrogens is 270 g/mol. The molecule has 0 fully saturated rings. The van der Waals surface area contributed by atoms with Crippen molar-refractivity contribution < 1.29 is 19.1 Å². The van der Waals surface area contributed by atoms with E-state index in [0.717, 1.165) is 11.9 Å². The highest BCUT2D eigenvalue weighted by atomic mass is 16.5. The van der Waals surface area contributed by atoms with Crippen molar-refractivity contribution in [1.82, 2.24) is 4.90 Å². The average Bonchev–Trinajstić information content (AvgIpc) is 2.49. The van der Waals surface area contributed by atoms with E-state index < -0.39 is 0 Å². The molecule has 0 aliphatic heterocycles. The fourth-order valence-electron chi connectivity index (χ4n) is 1.81. The van der Waals surface area contributed by atoms with Crippen LogP contribution in [0.5, 0.6) is 11.5 Å². The maximum atomic E-state index is 12.1. The van der Waals surface area contributed by atoms with E-state index in [1.54, 1.807) is 23.1 Å². The van der Waals surface area contributed by atoms with E-state index in [1.807, 2.05) is 13.8 Å². The Kier molecular flexibility index (Phi) is 6.46. The van der Waals surface area contributed by atoms with Crippen LogP contribution < -0.4 is 9.47 Å². The molecule has 0 spiro atoms. The predicted octanol–water partition coefficient (Wildman–Crippen LogP) is 2.31. The number of likely N-dealkylation sites (N-methyl/N-ethyl adjacent to an activating group) is 1. The Labute approximate surface area is 125 Å². The molecule has 0 aliphatic carbocycles. The number of hydrogen-bond acceptors (Lipinski definition) is 4. The van der Waals surface area contributed by atoms with Crippen LogP contribution in [-0.4, -0.2) is 43.9 Å². The Morgan fingerprint density at radius 2 is 2.10 bits per heavy atom. The average molecular weight is 291 g/mol. The number of ether oxygens (including phenoxy) is 2. The van der Waals surface area contributed by atoms with Crippen molar-refractivity contribution in [3.05, 3.63) is 35.9 Å². The van der Waals surface area contributed by atoms with Gasteiger partial charge in [0.1, 0.15) is 6.29 Å². The Morgan fingerprint density at radius 3 is 2.62 bits per heavy atom. The second kappa shape index (κ2) is 8.09. The first-order valence-corrected chi connectivity index (χ1v) is 6.70. The van der Waals surface area contributed by atoms with Crippen LogP contribution in [0.4, 0.5) is 0 Å². The van der Waals surface area contributed by atoms with Gasteiger partial charge in [0.2, 0.25) is 0 Å². The second-order valence-electron chi connectivity index (χ2n) is 4.68.